The molecule has 0 saturated carbocycles. The zero-order valence-corrected chi connectivity index (χ0v) is 16.4. The van der Waals surface area contributed by atoms with Crippen LogP contribution in [0.3, 0.4) is 0 Å². The molecule has 29 heavy (non-hydrogen) atoms. The van der Waals surface area contributed by atoms with Crippen LogP contribution in [-0.2, 0) is 11.3 Å². The van der Waals surface area contributed by atoms with Gasteiger partial charge in [-0.05, 0) is 42.0 Å². The second-order valence-electron chi connectivity index (χ2n) is 6.03. The number of nitrogens with one attached hydrogen (secondary N) is 2. The Kier molecular flexibility index (Phi) is 6.47. The highest BCUT2D eigenvalue weighted by Crippen LogP contribution is 2.28. The van der Waals surface area contributed by atoms with Gasteiger partial charge in [0.05, 0.1) is 26.9 Å². The number of anilines is 3. The molecule has 0 aliphatic rings. The summed E-state index contributed by atoms with van der Waals surface area (Å²) in [7, 11) is 4.56. The average molecular weight is 394 g/mol. The van der Waals surface area contributed by atoms with E-state index < -0.39 is 0 Å². The molecule has 150 valence electrons. The first-order valence-electron chi connectivity index (χ1n) is 8.85. The lowest BCUT2D eigenvalue weighted by Crippen LogP contribution is -2.04. The molecule has 0 amide bonds. The molecule has 0 saturated heterocycles. The summed E-state index contributed by atoms with van der Waals surface area (Å²) in [5.74, 6) is 2.28. The molecule has 2 aromatic carbocycles. The minimum Gasteiger partial charge on any atom is -0.493 e. The lowest BCUT2D eigenvalue weighted by Gasteiger charge is -2.11. The normalized spacial score (nSPS) is 10.2. The number of benzene rings is 2. The van der Waals surface area contributed by atoms with Gasteiger partial charge in [-0.25, -0.2) is 14.8 Å². The molecule has 3 rings (SSSR count). The van der Waals surface area contributed by atoms with E-state index in [1.165, 1.54) is 13.4 Å². The fourth-order valence-corrected chi connectivity index (χ4v) is 2.66. The number of methoxy groups -OCH3 is 3. The molecule has 8 heteroatoms. The quantitative estimate of drug-likeness (QED) is 0.559. The van der Waals surface area contributed by atoms with Gasteiger partial charge < -0.3 is 24.8 Å². The van der Waals surface area contributed by atoms with Crippen LogP contribution in [0.25, 0.3) is 0 Å². The summed E-state index contributed by atoms with van der Waals surface area (Å²) in [4.78, 5) is 20.0. The smallest absolute Gasteiger partial charge is 0.337 e. The maximum atomic E-state index is 11.5. The second-order valence-corrected chi connectivity index (χ2v) is 6.03. The fourth-order valence-electron chi connectivity index (χ4n) is 2.66. The Hall–Kier alpha value is -3.81. The number of hydrogen-bond donors (Lipinski definition) is 2. The van der Waals surface area contributed by atoms with Crippen LogP contribution in [-0.4, -0.2) is 37.3 Å². The van der Waals surface area contributed by atoms with Gasteiger partial charge in [-0.2, -0.15) is 0 Å². The van der Waals surface area contributed by atoms with Crippen molar-refractivity contribution >= 4 is 23.3 Å². The molecule has 2 N–H and O–H groups in total. The monoisotopic (exact) mass is 394 g/mol. The van der Waals surface area contributed by atoms with E-state index in [9.17, 15) is 4.79 Å². The first-order valence-corrected chi connectivity index (χ1v) is 8.85. The molecule has 0 fully saturated rings. The Balaban J connectivity index is 1.64. The first kappa shape index (κ1) is 19.9. The Morgan fingerprint density at radius 2 is 1.62 bits per heavy atom. The van der Waals surface area contributed by atoms with Gasteiger partial charge in [0, 0.05) is 18.3 Å². The number of rotatable bonds is 8. The van der Waals surface area contributed by atoms with Crippen LogP contribution in [0, 0.1) is 0 Å². The van der Waals surface area contributed by atoms with Gasteiger partial charge >= 0.3 is 5.97 Å². The third-order valence-corrected chi connectivity index (χ3v) is 4.17. The molecule has 0 radical (unpaired) electrons. The molecule has 8 nitrogen and oxygen atoms in total. The Bertz CT molecular complexity index is 977. The summed E-state index contributed by atoms with van der Waals surface area (Å²) >= 11 is 0. The highest BCUT2D eigenvalue weighted by atomic mass is 16.5. The molecule has 1 aromatic heterocycles. The van der Waals surface area contributed by atoms with Crippen LogP contribution in [0.2, 0.25) is 0 Å². The lowest BCUT2D eigenvalue weighted by molar-refractivity contribution is 0.0601. The third-order valence-electron chi connectivity index (χ3n) is 4.17. The maximum Gasteiger partial charge on any atom is 0.337 e. The molecule has 0 aliphatic carbocycles. The van der Waals surface area contributed by atoms with E-state index in [0.717, 1.165) is 11.3 Å². The molecular weight excluding hydrogens is 372 g/mol. The number of carbonyl (C=O) groups excluding carboxylic acids is 1. The van der Waals surface area contributed by atoms with Crippen LogP contribution in [0.5, 0.6) is 11.5 Å². The standard InChI is InChI=1S/C21H22N4O4/c1-27-17-9-4-14(10-18(17)28-2)12-22-19-11-20(24-13-23-19)25-16-7-5-15(6-8-16)21(26)29-3/h4-11,13H,12H2,1-3H3,(H2,22,23,24,25). The van der Waals surface area contributed by atoms with E-state index >= 15 is 0 Å². The summed E-state index contributed by atoms with van der Waals surface area (Å²) in [5, 5.41) is 6.44. The third kappa shape index (κ3) is 5.13. The Morgan fingerprint density at radius 1 is 0.897 bits per heavy atom. The first-order chi connectivity index (χ1) is 14.1. The molecule has 0 atom stereocenters. The fraction of sp³-hybridized carbons (Fsp3) is 0.190. The largest absolute Gasteiger partial charge is 0.493 e. The number of aromatic nitrogens is 2. The van der Waals surface area contributed by atoms with Crippen molar-refractivity contribution in [3.05, 3.63) is 66.0 Å². The Morgan fingerprint density at radius 3 is 2.31 bits per heavy atom. The number of ether oxygens (including phenoxy) is 3. The SMILES string of the molecule is COC(=O)c1ccc(Nc2cc(NCc3ccc(OC)c(OC)c3)ncn2)cc1. The van der Waals surface area contributed by atoms with Gasteiger partial charge in [0.2, 0.25) is 0 Å². The van der Waals surface area contributed by atoms with Gasteiger partial charge in [-0.1, -0.05) is 6.07 Å². The van der Waals surface area contributed by atoms with Gasteiger partial charge in [0.15, 0.2) is 11.5 Å². The molecule has 0 bridgehead atoms. The van der Waals surface area contributed by atoms with E-state index in [1.54, 1.807) is 44.6 Å². The summed E-state index contributed by atoms with van der Waals surface area (Å²) in [6, 6.07) is 14.5. The van der Waals surface area contributed by atoms with E-state index in [2.05, 4.69) is 20.6 Å². The van der Waals surface area contributed by atoms with Gasteiger partial charge in [-0.15, -0.1) is 0 Å². The second kappa shape index (κ2) is 9.41. The van der Waals surface area contributed by atoms with Crippen LogP contribution < -0.4 is 20.1 Å². The number of hydrogen-bond acceptors (Lipinski definition) is 8. The van der Waals surface area contributed by atoms with Gasteiger partial charge in [-0.3, -0.25) is 0 Å². The zero-order chi connectivity index (χ0) is 20.6. The summed E-state index contributed by atoms with van der Waals surface area (Å²) < 4.78 is 15.3. The highest BCUT2D eigenvalue weighted by Gasteiger charge is 2.07. The number of nitrogens with zero attached hydrogens (tertiary/aromatic N) is 2. The topological polar surface area (TPSA) is 94.6 Å². The predicted molar refractivity (Wildman–Crippen MR) is 110 cm³/mol. The number of carbonyl (C=O) groups is 1. The van der Waals surface area contributed by atoms with Crippen LogP contribution >= 0.6 is 0 Å². The number of esters is 1. The van der Waals surface area contributed by atoms with Crippen LogP contribution in [0.1, 0.15) is 15.9 Å². The van der Waals surface area contributed by atoms with Crippen molar-refractivity contribution in [2.45, 2.75) is 6.54 Å². The molecule has 1 heterocycles. The molecule has 3 aromatic rings. The summed E-state index contributed by atoms with van der Waals surface area (Å²) in [6.07, 6.45) is 1.47. The highest BCUT2D eigenvalue weighted by molar-refractivity contribution is 5.89. The van der Waals surface area contributed by atoms with Crippen LogP contribution in [0.4, 0.5) is 17.3 Å². The van der Waals surface area contributed by atoms with Crippen molar-refractivity contribution in [1.82, 2.24) is 9.97 Å². The van der Waals surface area contributed by atoms with Gasteiger partial charge in [0.25, 0.3) is 0 Å². The van der Waals surface area contributed by atoms with Gasteiger partial charge in [0.1, 0.15) is 18.0 Å². The zero-order valence-electron chi connectivity index (χ0n) is 16.4. The van der Waals surface area contributed by atoms with E-state index in [0.29, 0.717) is 35.2 Å². The summed E-state index contributed by atoms with van der Waals surface area (Å²) in [6.45, 7) is 0.560. The molecule has 0 unspecified atom stereocenters. The maximum absolute atomic E-state index is 11.5. The van der Waals surface area contributed by atoms with Crippen LogP contribution in [0.15, 0.2) is 54.9 Å². The average Bonchev–Trinajstić information content (AvgIpc) is 2.77. The van der Waals surface area contributed by atoms with Crippen molar-refractivity contribution < 1.29 is 19.0 Å². The van der Waals surface area contributed by atoms with Crippen molar-refractivity contribution in [2.75, 3.05) is 32.0 Å². The Labute approximate surface area is 168 Å². The van der Waals surface area contributed by atoms with Crippen molar-refractivity contribution in [3.8, 4) is 11.5 Å². The molecule has 0 spiro atoms. The van der Waals surface area contributed by atoms with E-state index in [1.807, 2.05) is 18.2 Å². The molecular formula is C21H22N4O4. The van der Waals surface area contributed by atoms with E-state index in [-0.39, 0.29) is 5.97 Å². The van der Waals surface area contributed by atoms with Crippen molar-refractivity contribution in [1.29, 1.82) is 0 Å². The molecule has 0 aliphatic heterocycles. The minimum atomic E-state index is -0.375. The predicted octanol–water partition coefficient (Wildman–Crippen LogP) is 3.64. The minimum absolute atomic E-state index is 0.375. The lowest BCUT2D eigenvalue weighted by atomic mass is 10.2. The van der Waals surface area contributed by atoms with Crippen molar-refractivity contribution in [2.24, 2.45) is 0 Å². The van der Waals surface area contributed by atoms with E-state index in [4.69, 9.17) is 14.2 Å². The summed E-state index contributed by atoms with van der Waals surface area (Å²) in [5.41, 5.74) is 2.30. The van der Waals surface area contributed by atoms with Crippen molar-refractivity contribution in [3.63, 3.8) is 0 Å².